The van der Waals surface area contributed by atoms with Crippen molar-refractivity contribution in [3.05, 3.63) is 95.8 Å². The van der Waals surface area contributed by atoms with Gasteiger partial charge in [-0.25, -0.2) is 12.8 Å². The first-order valence-corrected chi connectivity index (χ1v) is 16.0. The van der Waals surface area contributed by atoms with Crippen molar-refractivity contribution in [1.29, 1.82) is 0 Å². The number of hydrogen-bond acceptors (Lipinski definition) is 5. The van der Waals surface area contributed by atoms with Gasteiger partial charge in [-0.15, -0.1) is 0 Å². The molecule has 0 heterocycles. The maximum absolute atomic E-state index is 14.8. The van der Waals surface area contributed by atoms with E-state index in [1.54, 1.807) is 42.5 Å². The van der Waals surface area contributed by atoms with Gasteiger partial charge in [0.1, 0.15) is 17.6 Å². The fourth-order valence-electron chi connectivity index (χ4n) is 4.65. The molecule has 3 aromatic rings. The van der Waals surface area contributed by atoms with Crippen molar-refractivity contribution in [2.75, 3.05) is 30.3 Å². The molecule has 1 atom stereocenters. The summed E-state index contributed by atoms with van der Waals surface area (Å²) in [5, 5.41) is 2.89. The number of para-hydroxylation sites is 2. The van der Waals surface area contributed by atoms with Gasteiger partial charge in [0.15, 0.2) is 0 Å². The Bertz CT molecular complexity index is 1420. The molecule has 0 saturated carbocycles. The van der Waals surface area contributed by atoms with Gasteiger partial charge in [-0.3, -0.25) is 13.9 Å². The summed E-state index contributed by atoms with van der Waals surface area (Å²) in [5.74, 6) is -0.752. The predicted molar refractivity (Wildman–Crippen MR) is 163 cm³/mol. The van der Waals surface area contributed by atoms with Crippen LogP contribution in [0.15, 0.2) is 78.9 Å². The fourth-order valence-corrected chi connectivity index (χ4v) is 5.62. The molecule has 0 aliphatic carbocycles. The van der Waals surface area contributed by atoms with Crippen LogP contribution >= 0.6 is 0 Å². The van der Waals surface area contributed by atoms with Crippen molar-refractivity contribution in [1.82, 2.24) is 10.2 Å². The van der Waals surface area contributed by atoms with Gasteiger partial charge < -0.3 is 15.0 Å². The standard InChI is InChI=1S/C32H40FN3O5S/c1-4-21-34-32(38)29(23-25-14-7-6-8-15-25)35(24-26-16-9-10-17-27(26)33)31(37)20-13-22-36(42(3,39)40)28-18-11-12-19-30(28)41-5-2/h6-12,14-19,29H,4-5,13,20-24H2,1-3H3,(H,34,38)/t29-/m0/s1. The molecule has 8 nitrogen and oxygen atoms in total. The van der Waals surface area contributed by atoms with Crippen LogP contribution < -0.4 is 14.4 Å². The lowest BCUT2D eigenvalue weighted by Gasteiger charge is -2.32. The maximum Gasteiger partial charge on any atom is 0.243 e. The Morgan fingerprint density at radius 2 is 1.62 bits per heavy atom. The van der Waals surface area contributed by atoms with Crippen LogP contribution in [0.1, 0.15) is 44.2 Å². The summed E-state index contributed by atoms with van der Waals surface area (Å²) in [6.07, 6.45) is 2.19. The molecule has 0 bridgehead atoms. The van der Waals surface area contributed by atoms with Gasteiger partial charge >= 0.3 is 0 Å². The number of ether oxygens (including phenoxy) is 1. The molecule has 0 saturated heterocycles. The van der Waals surface area contributed by atoms with E-state index in [1.165, 1.54) is 15.3 Å². The average molecular weight is 598 g/mol. The summed E-state index contributed by atoms with van der Waals surface area (Å²) in [6.45, 7) is 4.47. The summed E-state index contributed by atoms with van der Waals surface area (Å²) in [4.78, 5) is 28.7. The van der Waals surface area contributed by atoms with E-state index < -0.39 is 21.9 Å². The van der Waals surface area contributed by atoms with Gasteiger partial charge in [-0.2, -0.15) is 0 Å². The van der Waals surface area contributed by atoms with Crippen LogP contribution in [0.25, 0.3) is 0 Å². The maximum atomic E-state index is 14.8. The molecule has 0 aromatic heterocycles. The van der Waals surface area contributed by atoms with Crippen molar-refractivity contribution < 1.29 is 27.1 Å². The van der Waals surface area contributed by atoms with Crippen molar-refractivity contribution in [3.63, 3.8) is 0 Å². The van der Waals surface area contributed by atoms with Crippen molar-refractivity contribution in [2.24, 2.45) is 0 Å². The lowest BCUT2D eigenvalue weighted by molar-refractivity contribution is -0.141. The molecule has 226 valence electrons. The van der Waals surface area contributed by atoms with Crippen LogP contribution in [0, 0.1) is 5.82 Å². The Hall–Kier alpha value is -3.92. The zero-order chi connectivity index (χ0) is 30.5. The molecule has 3 aromatic carbocycles. The van der Waals surface area contributed by atoms with Crippen LogP contribution in [-0.4, -0.2) is 57.1 Å². The molecule has 1 N–H and O–H groups in total. The van der Waals surface area contributed by atoms with E-state index in [9.17, 15) is 22.4 Å². The number of carbonyl (C=O) groups is 2. The third-order valence-electron chi connectivity index (χ3n) is 6.70. The number of sulfonamides is 1. The first kappa shape index (κ1) is 32.6. The molecule has 10 heteroatoms. The largest absolute Gasteiger partial charge is 0.492 e. The minimum absolute atomic E-state index is 0.0214. The smallest absolute Gasteiger partial charge is 0.243 e. The monoisotopic (exact) mass is 597 g/mol. The highest BCUT2D eigenvalue weighted by atomic mass is 32.2. The van der Waals surface area contributed by atoms with Gasteiger partial charge in [0.2, 0.25) is 21.8 Å². The second-order valence-corrected chi connectivity index (χ2v) is 11.9. The predicted octanol–water partition coefficient (Wildman–Crippen LogP) is 4.94. The first-order chi connectivity index (χ1) is 20.2. The Balaban J connectivity index is 1.89. The number of anilines is 1. The van der Waals surface area contributed by atoms with Gasteiger partial charge in [0.05, 0.1) is 18.6 Å². The molecule has 3 rings (SSSR count). The van der Waals surface area contributed by atoms with E-state index in [0.29, 0.717) is 24.6 Å². The molecular weight excluding hydrogens is 557 g/mol. The molecule has 0 radical (unpaired) electrons. The van der Waals surface area contributed by atoms with Crippen LogP contribution in [-0.2, 0) is 32.6 Å². The number of carbonyl (C=O) groups excluding carboxylic acids is 2. The molecule has 0 aliphatic heterocycles. The zero-order valence-electron chi connectivity index (χ0n) is 24.5. The number of rotatable bonds is 16. The van der Waals surface area contributed by atoms with Crippen LogP contribution in [0.5, 0.6) is 5.75 Å². The molecule has 0 unspecified atom stereocenters. The van der Waals surface area contributed by atoms with E-state index >= 15 is 0 Å². The molecule has 42 heavy (non-hydrogen) atoms. The molecule has 0 spiro atoms. The van der Waals surface area contributed by atoms with Gasteiger partial charge in [0, 0.05) is 38.0 Å². The van der Waals surface area contributed by atoms with Crippen LogP contribution in [0.4, 0.5) is 10.1 Å². The molecule has 2 amide bonds. The summed E-state index contributed by atoms with van der Waals surface area (Å²) < 4.78 is 47.1. The first-order valence-electron chi connectivity index (χ1n) is 14.2. The third-order valence-corrected chi connectivity index (χ3v) is 7.88. The second kappa shape index (κ2) is 15.9. The highest BCUT2D eigenvalue weighted by Crippen LogP contribution is 2.30. The lowest BCUT2D eigenvalue weighted by Crippen LogP contribution is -2.50. The van der Waals surface area contributed by atoms with Gasteiger partial charge in [0.25, 0.3) is 0 Å². The number of amides is 2. The van der Waals surface area contributed by atoms with E-state index in [1.807, 2.05) is 44.2 Å². The number of hydrogen-bond donors (Lipinski definition) is 1. The summed E-state index contributed by atoms with van der Waals surface area (Å²) in [6, 6.07) is 21.5. The summed E-state index contributed by atoms with van der Waals surface area (Å²) in [5.41, 5.74) is 1.53. The van der Waals surface area contributed by atoms with Crippen molar-refractivity contribution >= 4 is 27.5 Å². The van der Waals surface area contributed by atoms with Gasteiger partial charge in [-0.05, 0) is 43.5 Å². The number of benzene rings is 3. The second-order valence-electron chi connectivity index (χ2n) is 9.95. The van der Waals surface area contributed by atoms with Crippen molar-refractivity contribution in [2.45, 2.75) is 52.1 Å². The van der Waals surface area contributed by atoms with E-state index in [4.69, 9.17) is 4.74 Å². The lowest BCUT2D eigenvalue weighted by atomic mass is 10.0. The minimum Gasteiger partial charge on any atom is -0.492 e. The van der Waals surface area contributed by atoms with Crippen LogP contribution in [0.2, 0.25) is 0 Å². The SMILES string of the molecule is CCCNC(=O)[C@H](Cc1ccccc1)N(Cc1ccccc1F)C(=O)CCCN(c1ccccc1OCC)S(C)(=O)=O. The molecule has 0 fully saturated rings. The quantitative estimate of drug-likeness (QED) is 0.253. The number of nitrogens with one attached hydrogen (secondary N) is 1. The average Bonchev–Trinajstić information content (AvgIpc) is 2.97. The van der Waals surface area contributed by atoms with E-state index in [2.05, 4.69) is 5.32 Å². The molecule has 0 aliphatic rings. The topological polar surface area (TPSA) is 96.0 Å². The number of nitrogens with zero attached hydrogens (tertiary/aromatic N) is 2. The summed E-state index contributed by atoms with van der Waals surface area (Å²) >= 11 is 0. The number of halogens is 1. The van der Waals surface area contributed by atoms with Crippen molar-refractivity contribution in [3.8, 4) is 5.75 Å². The Morgan fingerprint density at radius 1 is 0.952 bits per heavy atom. The fraction of sp³-hybridized carbons (Fsp3) is 0.375. The normalized spacial score (nSPS) is 11.9. The minimum atomic E-state index is -3.70. The molecular formula is C32H40FN3O5S. The van der Waals surface area contributed by atoms with Crippen LogP contribution in [0.3, 0.4) is 0 Å². The zero-order valence-corrected chi connectivity index (χ0v) is 25.3. The Labute approximate surface area is 248 Å². The Morgan fingerprint density at radius 3 is 2.29 bits per heavy atom. The highest BCUT2D eigenvalue weighted by molar-refractivity contribution is 7.92. The third kappa shape index (κ3) is 9.30. The van der Waals surface area contributed by atoms with E-state index in [-0.39, 0.29) is 49.7 Å². The highest BCUT2D eigenvalue weighted by Gasteiger charge is 2.31. The van der Waals surface area contributed by atoms with E-state index in [0.717, 1.165) is 18.2 Å². The van der Waals surface area contributed by atoms with Gasteiger partial charge in [-0.1, -0.05) is 67.6 Å². The Kier molecular flexibility index (Phi) is 12.3. The summed E-state index contributed by atoms with van der Waals surface area (Å²) in [7, 11) is -3.70.